The number of hydrogen-bond donors (Lipinski definition) is 0. The molecule has 11 heavy (non-hydrogen) atoms. The van der Waals surface area contributed by atoms with E-state index in [1.807, 2.05) is 0 Å². The quantitative estimate of drug-likeness (QED) is 0.435. The summed E-state index contributed by atoms with van der Waals surface area (Å²) in [4.78, 5) is 16.2. The largest absolute Gasteiger partial charge is 0.278 e. The molecule has 2 fully saturated rings. The van der Waals surface area contributed by atoms with Gasteiger partial charge in [-0.3, -0.25) is 4.90 Å². The van der Waals surface area contributed by atoms with E-state index in [2.05, 4.69) is 9.89 Å². The van der Waals surface area contributed by atoms with Gasteiger partial charge in [-0.1, -0.05) is 0 Å². The summed E-state index contributed by atoms with van der Waals surface area (Å²) in [7, 11) is 0. The van der Waals surface area contributed by atoms with Crippen LogP contribution >= 0.6 is 0 Å². The van der Waals surface area contributed by atoms with Crippen molar-refractivity contribution >= 4 is 6.08 Å². The van der Waals surface area contributed by atoms with Crippen LogP contribution in [0.4, 0.5) is 0 Å². The Hall–Kier alpha value is -0.660. The van der Waals surface area contributed by atoms with E-state index in [1.165, 1.54) is 19.3 Å². The molecule has 3 nitrogen and oxygen atoms in total. The van der Waals surface area contributed by atoms with Crippen molar-refractivity contribution in [1.82, 2.24) is 4.90 Å². The fourth-order valence-corrected chi connectivity index (χ4v) is 1.80. The number of likely N-dealkylation sites (tertiary alicyclic amines) is 1. The maximum Gasteiger partial charge on any atom is 0.236 e. The van der Waals surface area contributed by atoms with Gasteiger partial charge >= 0.3 is 0 Å². The lowest BCUT2D eigenvalue weighted by Gasteiger charge is -2.18. The number of isocyanates is 1. The van der Waals surface area contributed by atoms with Crippen LogP contribution in [0.3, 0.4) is 0 Å². The van der Waals surface area contributed by atoms with Gasteiger partial charge in [0.2, 0.25) is 6.08 Å². The molecule has 0 amide bonds. The summed E-state index contributed by atoms with van der Waals surface area (Å²) in [6.45, 7) is 1.13. The predicted molar refractivity (Wildman–Crippen MR) is 40.9 cm³/mol. The third kappa shape index (κ3) is 1.35. The summed E-state index contributed by atoms with van der Waals surface area (Å²) in [6, 6.07) is 0.736. The maximum absolute atomic E-state index is 10.0. The first-order valence-electron chi connectivity index (χ1n) is 4.24. The van der Waals surface area contributed by atoms with Crippen LogP contribution in [0.15, 0.2) is 4.99 Å². The fourth-order valence-electron chi connectivity index (χ4n) is 1.80. The van der Waals surface area contributed by atoms with Crippen LogP contribution in [-0.4, -0.2) is 29.7 Å². The van der Waals surface area contributed by atoms with Crippen LogP contribution in [-0.2, 0) is 4.79 Å². The normalized spacial score (nSPS) is 31.8. The monoisotopic (exact) mass is 152 g/mol. The van der Waals surface area contributed by atoms with Crippen molar-refractivity contribution in [2.75, 3.05) is 6.54 Å². The zero-order valence-corrected chi connectivity index (χ0v) is 6.49. The minimum Gasteiger partial charge on any atom is -0.278 e. The van der Waals surface area contributed by atoms with Gasteiger partial charge in [-0.05, 0) is 25.7 Å². The molecule has 2 rings (SSSR count). The fraction of sp³-hybridized carbons (Fsp3) is 0.875. The van der Waals surface area contributed by atoms with Crippen molar-refractivity contribution in [2.45, 2.75) is 37.9 Å². The Kier molecular flexibility index (Phi) is 1.76. The van der Waals surface area contributed by atoms with E-state index in [-0.39, 0.29) is 6.17 Å². The highest BCUT2D eigenvalue weighted by molar-refractivity contribution is 5.33. The van der Waals surface area contributed by atoms with E-state index < -0.39 is 0 Å². The third-order valence-electron chi connectivity index (χ3n) is 2.48. The summed E-state index contributed by atoms with van der Waals surface area (Å²) in [5.74, 6) is 0. The molecule has 1 atom stereocenters. The van der Waals surface area contributed by atoms with E-state index >= 15 is 0 Å². The Morgan fingerprint density at radius 1 is 1.36 bits per heavy atom. The second-order valence-electron chi connectivity index (χ2n) is 3.31. The molecule has 1 heterocycles. The van der Waals surface area contributed by atoms with Crippen LogP contribution in [0.1, 0.15) is 25.7 Å². The van der Waals surface area contributed by atoms with Crippen molar-refractivity contribution < 1.29 is 4.79 Å². The second-order valence-corrected chi connectivity index (χ2v) is 3.31. The van der Waals surface area contributed by atoms with Gasteiger partial charge < -0.3 is 0 Å². The molecule has 2 aliphatic rings. The third-order valence-corrected chi connectivity index (χ3v) is 2.48. The molecule has 1 aliphatic heterocycles. The summed E-state index contributed by atoms with van der Waals surface area (Å²) >= 11 is 0. The minimum atomic E-state index is 0.167. The highest BCUT2D eigenvalue weighted by Gasteiger charge is 2.36. The van der Waals surface area contributed by atoms with Crippen LogP contribution in [0.25, 0.3) is 0 Å². The second kappa shape index (κ2) is 2.76. The van der Waals surface area contributed by atoms with Crippen molar-refractivity contribution in [1.29, 1.82) is 0 Å². The van der Waals surface area contributed by atoms with Crippen molar-refractivity contribution in [3.8, 4) is 0 Å². The topological polar surface area (TPSA) is 32.7 Å². The number of rotatable bonds is 2. The molecule has 1 aliphatic carbocycles. The van der Waals surface area contributed by atoms with Gasteiger partial charge in [-0.15, -0.1) is 0 Å². The number of carbonyl (C=O) groups excluding carboxylic acids is 1. The zero-order chi connectivity index (χ0) is 7.68. The highest BCUT2D eigenvalue weighted by Crippen LogP contribution is 2.33. The molecule has 0 spiro atoms. The molecule has 0 N–H and O–H groups in total. The minimum absolute atomic E-state index is 0.167. The molecule has 0 aromatic rings. The molecule has 0 bridgehead atoms. The Balaban J connectivity index is 2.00. The number of hydrogen-bond acceptors (Lipinski definition) is 3. The SMILES string of the molecule is O=C=NC1CCCN1C1CC1. The number of nitrogens with zero attached hydrogens (tertiary/aromatic N) is 2. The smallest absolute Gasteiger partial charge is 0.236 e. The molecular weight excluding hydrogens is 140 g/mol. The van der Waals surface area contributed by atoms with E-state index in [0.29, 0.717) is 0 Å². The first-order valence-corrected chi connectivity index (χ1v) is 4.24. The van der Waals surface area contributed by atoms with Gasteiger partial charge in [0.25, 0.3) is 0 Å². The van der Waals surface area contributed by atoms with Crippen LogP contribution in [0.2, 0.25) is 0 Å². The van der Waals surface area contributed by atoms with Gasteiger partial charge in [0, 0.05) is 12.6 Å². The Labute approximate surface area is 66.1 Å². The molecule has 60 valence electrons. The van der Waals surface area contributed by atoms with E-state index in [4.69, 9.17) is 0 Å². The summed E-state index contributed by atoms with van der Waals surface area (Å²) in [5, 5.41) is 0. The van der Waals surface area contributed by atoms with Crippen molar-refractivity contribution in [2.24, 2.45) is 4.99 Å². The molecule has 0 radical (unpaired) electrons. The Bertz CT molecular complexity index is 194. The van der Waals surface area contributed by atoms with Crippen molar-refractivity contribution in [3.05, 3.63) is 0 Å². The summed E-state index contributed by atoms with van der Waals surface area (Å²) < 4.78 is 0. The van der Waals surface area contributed by atoms with E-state index in [0.717, 1.165) is 19.0 Å². The molecule has 1 saturated heterocycles. The lowest BCUT2D eigenvalue weighted by atomic mass is 10.3. The van der Waals surface area contributed by atoms with Crippen LogP contribution in [0.5, 0.6) is 0 Å². The predicted octanol–water partition coefficient (Wildman–Crippen LogP) is 0.907. The van der Waals surface area contributed by atoms with Gasteiger partial charge in [0.05, 0.1) is 0 Å². The lowest BCUT2D eigenvalue weighted by molar-refractivity contribution is 0.250. The maximum atomic E-state index is 10.0. The average molecular weight is 152 g/mol. The molecule has 0 aromatic carbocycles. The average Bonchev–Trinajstić information content (AvgIpc) is 2.75. The van der Waals surface area contributed by atoms with Crippen LogP contribution < -0.4 is 0 Å². The molecule has 0 aromatic heterocycles. The van der Waals surface area contributed by atoms with Gasteiger partial charge in [0.15, 0.2) is 0 Å². The summed E-state index contributed by atoms with van der Waals surface area (Å²) in [6.07, 6.45) is 6.65. The van der Waals surface area contributed by atoms with E-state index in [9.17, 15) is 4.79 Å². The van der Waals surface area contributed by atoms with Crippen LogP contribution in [0, 0.1) is 0 Å². The molecule has 1 saturated carbocycles. The molecule has 1 unspecified atom stereocenters. The molecule has 3 heteroatoms. The molecular formula is C8H12N2O. The Morgan fingerprint density at radius 3 is 2.82 bits per heavy atom. The zero-order valence-electron chi connectivity index (χ0n) is 6.49. The van der Waals surface area contributed by atoms with E-state index in [1.54, 1.807) is 6.08 Å². The lowest BCUT2D eigenvalue weighted by Crippen LogP contribution is -2.29. The van der Waals surface area contributed by atoms with Crippen molar-refractivity contribution in [3.63, 3.8) is 0 Å². The Morgan fingerprint density at radius 2 is 2.18 bits per heavy atom. The highest BCUT2D eigenvalue weighted by atomic mass is 16.1. The first-order chi connectivity index (χ1) is 5.42. The van der Waals surface area contributed by atoms with Gasteiger partial charge in [-0.2, -0.15) is 4.99 Å². The standard InChI is InChI=1S/C8H12N2O/c11-6-9-8-2-1-5-10(8)7-3-4-7/h7-8H,1-5H2. The summed E-state index contributed by atoms with van der Waals surface area (Å²) in [5.41, 5.74) is 0. The first kappa shape index (κ1) is 7.01. The number of aliphatic imine (C=N–C) groups is 1. The van der Waals surface area contributed by atoms with Gasteiger partial charge in [-0.25, -0.2) is 4.79 Å². The van der Waals surface area contributed by atoms with Gasteiger partial charge in [0.1, 0.15) is 6.17 Å².